The number of aromatic nitrogens is 2. The number of nitrogens with zero attached hydrogens (tertiary/aromatic N) is 3. The molecule has 1 aromatic heterocycles. The summed E-state index contributed by atoms with van der Waals surface area (Å²) in [6.45, 7) is 4.84. The minimum Gasteiger partial charge on any atom is -0.352 e. The Bertz CT molecular complexity index is 1040. The highest BCUT2D eigenvalue weighted by Gasteiger charge is 2.51. The Hall–Kier alpha value is -2.87. The molecular formula is C23H28ClN5O3. The number of halogens is 1. The fraction of sp³-hybridized carbons (Fsp3) is 0.478. The molecule has 4 rings (SSSR count). The van der Waals surface area contributed by atoms with E-state index >= 15 is 0 Å². The molecule has 4 amide bonds. The van der Waals surface area contributed by atoms with E-state index in [0.29, 0.717) is 43.6 Å². The molecule has 8 nitrogen and oxygen atoms in total. The van der Waals surface area contributed by atoms with Crippen molar-refractivity contribution in [2.45, 2.75) is 58.0 Å². The second kappa shape index (κ2) is 8.94. The van der Waals surface area contributed by atoms with Gasteiger partial charge in [0.1, 0.15) is 10.7 Å². The monoisotopic (exact) mass is 457 g/mol. The third-order valence-electron chi connectivity index (χ3n) is 6.29. The number of hydrogen-bond donors (Lipinski definition) is 2. The highest BCUT2D eigenvalue weighted by molar-refractivity contribution is 6.33. The number of imide groups is 1. The number of benzene rings is 1. The molecule has 1 aliphatic carbocycles. The number of urea groups is 1. The lowest BCUT2D eigenvalue weighted by Gasteiger charge is -2.20. The Balaban J connectivity index is 1.32. The van der Waals surface area contributed by atoms with Crippen molar-refractivity contribution in [3.8, 4) is 0 Å². The lowest BCUT2D eigenvalue weighted by Crippen LogP contribution is -2.44. The van der Waals surface area contributed by atoms with Gasteiger partial charge in [-0.05, 0) is 38.7 Å². The second-order valence-corrected chi connectivity index (χ2v) is 9.04. The van der Waals surface area contributed by atoms with Crippen LogP contribution in [-0.2, 0) is 11.3 Å². The van der Waals surface area contributed by atoms with Crippen molar-refractivity contribution in [1.82, 2.24) is 25.3 Å². The largest absolute Gasteiger partial charge is 0.352 e. The van der Waals surface area contributed by atoms with Crippen LogP contribution in [0.25, 0.3) is 0 Å². The molecule has 2 aliphatic rings. The van der Waals surface area contributed by atoms with Gasteiger partial charge in [0.25, 0.3) is 11.8 Å². The quantitative estimate of drug-likeness (QED) is 0.493. The van der Waals surface area contributed by atoms with Crippen LogP contribution in [-0.4, -0.2) is 51.2 Å². The SMILES string of the molecule is Cc1ccc(Cn2nc(C)c(C(=O)NCCCN3C(=O)NC4(CCCC4)C3=O)c2Cl)cc1. The van der Waals surface area contributed by atoms with Crippen LogP contribution in [0.5, 0.6) is 0 Å². The van der Waals surface area contributed by atoms with Crippen LogP contribution in [0.4, 0.5) is 4.79 Å². The van der Waals surface area contributed by atoms with Crippen molar-refractivity contribution in [1.29, 1.82) is 0 Å². The minimum absolute atomic E-state index is 0.136. The van der Waals surface area contributed by atoms with Crippen molar-refractivity contribution in [3.63, 3.8) is 0 Å². The maximum absolute atomic E-state index is 12.7. The van der Waals surface area contributed by atoms with Gasteiger partial charge in [-0.2, -0.15) is 5.10 Å². The molecule has 32 heavy (non-hydrogen) atoms. The Kier molecular flexibility index (Phi) is 6.24. The van der Waals surface area contributed by atoms with Gasteiger partial charge < -0.3 is 10.6 Å². The second-order valence-electron chi connectivity index (χ2n) is 8.68. The van der Waals surface area contributed by atoms with E-state index in [4.69, 9.17) is 11.6 Å². The number of rotatable bonds is 7. The number of carbonyl (C=O) groups excluding carboxylic acids is 3. The lowest BCUT2D eigenvalue weighted by molar-refractivity contribution is -0.131. The normalized spacial score (nSPS) is 17.3. The first-order valence-electron chi connectivity index (χ1n) is 11.0. The first kappa shape index (κ1) is 22.3. The van der Waals surface area contributed by atoms with Gasteiger partial charge in [0.05, 0.1) is 17.8 Å². The van der Waals surface area contributed by atoms with Crippen LogP contribution in [0.3, 0.4) is 0 Å². The number of amides is 4. The zero-order valence-corrected chi connectivity index (χ0v) is 19.2. The molecule has 170 valence electrons. The van der Waals surface area contributed by atoms with Crippen molar-refractivity contribution in [2.75, 3.05) is 13.1 Å². The molecule has 0 unspecified atom stereocenters. The van der Waals surface area contributed by atoms with Crippen LogP contribution in [0.1, 0.15) is 59.3 Å². The van der Waals surface area contributed by atoms with Gasteiger partial charge >= 0.3 is 6.03 Å². The Morgan fingerprint density at radius 1 is 1.19 bits per heavy atom. The van der Waals surface area contributed by atoms with Crippen LogP contribution in [0, 0.1) is 13.8 Å². The first-order chi connectivity index (χ1) is 15.3. The molecule has 9 heteroatoms. The zero-order chi connectivity index (χ0) is 22.9. The number of nitrogens with one attached hydrogen (secondary N) is 2. The predicted octanol–water partition coefficient (Wildman–Crippen LogP) is 3.19. The summed E-state index contributed by atoms with van der Waals surface area (Å²) in [7, 11) is 0. The van der Waals surface area contributed by atoms with Crippen LogP contribution in [0.15, 0.2) is 24.3 Å². The number of carbonyl (C=O) groups is 3. The molecule has 2 aromatic rings. The average Bonchev–Trinajstić information content (AvgIpc) is 3.40. The van der Waals surface area contributed by atoms with E-state index in [1.165, 1.54) is 10.5 Å². The fourth-order valence-corrected chi connectivity index (χ4v) is 4.83. The van der Waals surface area contributed by atoms with Crippen molar-refractivity contribution in [3.05, 3.63) is 51.8 Å². The summed E-state index contributed by atoms with van der Waals surface area (Å²) in [5, 5.41) is 10.4. The molecule has 0 radical (unpaired) electrons. The number of aryl methyl sites for hydroxylation is 2. The predicted molar refractivity (Wildman–Crippen MR) is 121 cm³/mol. The average molecular weight is 458 g/mol. The highest BCUT2D eigenvalue weighted by Crippen LogP contribution is 2.35. The summed E-state index contributed by atoms with van der Waals surface area (Å²) in [6, 6.07) is 7.72. The van der Waals surface area contributed by atoms with Crippen molar-refractivity contribution in [2.24, 2.45) is 0 Å². The maximum atomic E-state index is 12.7. The Morgan fingerprint density at radius 3 is 2.56 bits per heavy atom. The summed E-state index contributed by atoms with van der Waals surface area (Å²) in [4.78, 5) is 38.9. The molecule has 0 bridgehead atoms. The molecule has 1 spiro atoms. The Morgan fingerprint density at radius 2 is 1.88 bits per heavy atom. The van der Waals surface area contributed by atoms with E-state index in [1.807, 2.05) is 31.2 Å². The summed E-state index contributed by atoms with van der Waals surface area (Å²) in [5.41, 5.74) is 2.41. The molecular weight excluding hydrogens is 430 g/mol. The minimum atomic E-state index is -0.697. The van der Waals surface area contributed by atoms with Crippen molar-refractivity contribution >= 4 is 29.4 Å². The number of hydrogen-bond acceptors (Lipinski definition) is 4. The fourth-order valence-electron chi connectivity index (χ4n) is 4.51. The standard InChI is InChI=1S/C23H28ClN5O3/c1-15-6-8-17(9-7-15)14-29-19(24)18(16(2)27-29)20(30)25-12-5-13-28-21(31)23(26-22(28)32)10-3-4-11-23/h6-9H,3-5,10-14H2,1-2H3,(H,25,30)(H,26,32). The molecule has 1 aromatic carbocycles. The van der Waals surface area contributed by atoms with Crippen molar-refractivity contribution < 1.29 is 14.4 Å². The van der Waals surface area contributed by atoms with E-state index in [1.54, 1.807) is 11.6 Å². The zero-order valence-electron chi connectivity index (χ0n) is 18.4. The molecule has 1 aliphatic heterocycles. The van der Waals surface area contributed by atoms with Gasteiger partial charge in [-0.3, -0.25) is 14.5 Å². The van der Waals surface area contributed by atoms with Gasteiger partial charge in [0, 0.05) is 13.1 Å². The maximum Gasteiger partial charge on any atom is 0.325 e. The van der Waals surface area contributed by atoms with Crippen LogP contribution >= 0.6 is 11.6 Å². The molecule has 2 heterocycles. The van der Waals surface area contributed by atoms with Gasteiger partial charge in [0.15, 0.2) is 0 Å². The smallest absolute Gasteiger partial charge is 0.325 e. The van der Waals surface area contributed by atoms with E-state index in [2.05, 4.69) is 15.7 Å². The van der Waals surface area contributed by atoms with E-state index < -0.39 is 5.54 Å². The topological polar surface area (TPSA) is 96.3 Å². The van der Waals surface area contributed by atoms with Crippen LogP contribution < -0.4 is 10.6 Å². The van der Waals surface area contributed by atoms with Gasteiger partial charge in [-0.25, -0.2) is 9.48 Å². The van der Waals surface area contributed by atoms with Crippen LogP contribution in [0.2, 0.25) is 5.15 Å². The molecule has 0 atom stereocenters. The molecule has 2 N–H and O–H groups in total. The Labute approximate surface area is 192 Å². The lowest BCUT2D eigenvalue weighted by atomic mass is 9.98. The van der Waals surface area contributed by atoms with Gasteiger partial charge in [0.2, 0.25) is 0 Å². The highest BCUT2D eigenvalue weighted by atomic mass is 35.5. The summed E-state index contributed by atoms with van der Waals surface area (Å²) in [6.07, 6.45) is 3.78. The molecule has 1 saturated heterocycles. The molecule has 2 fully saturated rings. The summed E-state index contributed by atoms with van der Waals surface area (Å²) < 4.78 is 1.62. The van der Waals surface area contributed by atoms with E-state index in [-0.39, 0.29) is 29.5 Å². The van der Waals surface area contributed by atoms with Gasteiger partial charge in [-0.15, -0.1) is 0 Å². The molecule has 1 saturated carbocycles. The van der Waals surface area contributed by atoms with Gasteiger partial charge in [-0.1, -0.05) is 54.3 Å². The first-order valence-corrected chi connectivity index (χ1v) is 11.4. The van der Waals surface area contributed by atoms with E-state index in [9.17, 15) is 14.4 Å². The van der Waals surface area contributed by atoms with E-state index in [0.717, 1.165) is 18.4 Å². The third kappa shape index (κ3) is 4.24. The summed E-state index contributed by atoms with van der Waals surface area (Å²) >= 11 is 6.46. The summed E-state index contributed by atoms with van der Waals surface area (Å²) in [5.74, 6) is -0.449. The third-order valence-corrected chi connectivity index (χ3v) is 6.68.